The molecule has 0 amide bonds. The smallest absolute Gasteiger partial charge is 0.159 e. The normalized spacial score (nSPS) is 27.5. The molecule has 3 rings (SSSR count). The quantitative estimate of drug-likeness (QED) is 0.832. The van der Waals surface area contributed by atoms with E-state index in [9.17, 15) is 8.42 Å². The molecule has 2 atom stereocenters. The number of hydrogen-bond donors (Lipinski definition) is 0. The highest BCUT2D eigenvalue weighted by atomic mass is 35.5. The molecule has 2 aliphatic heterocycles. The van der Waals surface area contributed by atoms with Crippen LogP contribution in [0.3, 0.4) is 0 Å². The van der Waals surface area contributed by atoms with E-state index in [-0.39, 0.29) is 23.6 Å². The molecule has 0 saturated carbocycles. The monoisotopic (exact) mass is 330 g/mol. The molecule has 1 aromatic rings. The third-order valence-electron chi connectivity index (χ3n) is 3.68. The Balaban J connectivity index is 1.69. The predicted molar refractivity (Wildman–Crippen MR) is 84.2 cm³/mol. The van der Waals surface area contributed by atoms with Crippen LogP contribution in [0.4, 0.5) is 0 Å². The lowest BCUT2D eigenvalue weighted by Gasteiger charge is -2.20. The Labute approximate surface area is 128 Å². The summed E-state index contributed by atoms with van der Waals surface area (Å²) in [5.41, 5.74) is 1.07. The van der Waals surface area contributed by atoms with Gasteiger partial charge in [-0.2, -0.15) is 0 Å². The molecule has 0 bridgehead atoms. The van der Waals surface area contributed by atoms with Crippen molar-refractivity contribution in [2.24, 2.45) is 4.99 Å². The van der Waals surface area contributed by atoms with Gasteiger partial charge in [0.1, 0.15) is 0 Å². The fourth-order valence-corrected chi connectivity index (χ4v) is 5.86. The summed E-state index contributed by atoms with van der Waals surface area (Å²) in [5.74, 6) is 1.14. The van der Waals surface area contributed by atoms with Crippen molar-refractivity contribution in [3.05, 3.63) is 34.9 Å². The number of halogens is 1. The highest BCUT2D eigenvalue weighted by molar-refractivity contribution is 8.13. The van der Waals surface area contributed by atoms with Gasteiger partial charge in [0.15, 0.2) is 15.0 Å². The van der Waals surface area contributed by atoms with E-state index in [1.807, 2.05) is 36.2 Å². The average molecular weight is 331 g/mol. The van der Waals surface area contributed by atoms with Crippen molar-refractivity contribution < 1.29 is 8.42 Å². The summed E-state index contributed by atoms with van der Waals surface area (Å²) in [4.78, 5) is 6.55. The van der Waals surface area contributed by atoms with Gasteiger partial charge in [0.2, 0.25) is 0 Å². The minimum absolute atomic E-state index is 0.00810. The van der Waals surface area contributed by atoms with Crippen LogP contribution in [0.1, 0.15) is 5.56 Å². The van der Waals surface area contributed by atoms with Crippen molar-refractivity contribution in [1.82, 2.24) is 4.90 Å². The molecule has 2 aliphatic rings. The number of hydrogen-bond acceptors (Lipinski definition) is 5. The van der Waals surface area contributed by atoms with E-state index in [1.165, 1.54) is 0 Å². The van der Waals surface area contributed by atoms with Crippen LogP contribution < -0.4 is 0 Å². The zero-order chi connectivity index (χ0) is 14.3. The SMILES string of the molecule is CN1C(SCc2ccccc2Cl)=N[C@@H]2CS(=O)(=O)C[C@H]21. The third kappa shape index (κ3) is 2.69. The van der Waals surface area contributed by atoms with Crippen molar-refractivity contribution in [2.75, 3.05) is 18.6 Å². The first kappa shape index (κ1) is 14.2. The summed E-state index contributed by atoms with van der Waals surface area (Å²) in [7, 11) is -0.994. The zero-order valence-corrected chi connectivity index (χ0v) is 13.4. The molecule has 0 radical (unpaired) electrons. The highest BCUT2D eigenvalue weighted by Crippen LogP contribution is 2.31. The van der Waals surface area contributed by atoms with E-state index in [4.69, 9.17) is 11.6 Å². The van der Waals surface area contributed by atoms with Gasteiger partial charge in [-0.3, -0.25) is 4.99 Å². The van der Waals surface area contributed by atoms with Gasteiger partial charge in [0, 0.05) is 17.8 Å². The number of sulfone groups is 1. The van der Waals surface area contributed by atoms with E-state index >= 15 is 0 Å². The number of thioether (sulfide) groups is 1. The molecule has 4 nitrogen and oxygen atoms in total. The predicted octanol–water partition coefficient (Wildman–Crippen LogP) is 2.04. The van der Waals surface area contributed by atoms with Crippen molar-refractivity contribution in [3.63, 3.8) is 0 Å². The molecule has 2 heterocycles. The Morgan fingerprint density at radius 3 is 2.85 bits per heavy atom. The number of nitrogens with zero attached hydrogens (tertiary/aromatic N) is 2. The van der Waals surface area contributed by atoms with Crippen molar-refractivity contribution in [1.29, 1.82) is 0 Å². The summed E-state index contributed by atoms with van der Waals surface area (Å²) < 4.78 is 23.2. The number of aliphatic imine (C=N–C) groups is 1. The maximum atomic E-state index is 11.6. The van der Waals surface area contributed by atoms with Crippen LogP contribution >= 0.6 is 23.4 Å². The Bertz CT molecular complexity index is 660. The van der Waals surface area contributed by atoms with Crippen LogP contribution in [0.2, 0.25) is 5.02 Å². The Hall–Kier alpha value is -0.720. The van der Waals surface area contributed by atoms with E-state index in [2.05, 4.69) is 4.99 Å². The molecule has 1 fully saturated rings. The van der Waals surface area contributed by atoms with E-state index in [0.717, 1.165) is 21.5 Å². The molecule has 108 valence electrons. The number of fused-ring (bicyclic) bond motifs is 1. The molecule has 20 heavy (non-hydrogen) atoms. The van der Waals surface area contributed by atoms with Crippen molar-refractivity contribution in [2.45, 2.75) is 17.8 Å². The van der Waals surface area contributed by atoms with Gasteiger partial charge in [-0.1, -0.05) is 41.6 Å². The molecule has 0 unspecified atom stereocenters. The standard InChI is InChI=1S/C13H15ClN2O2S2/c1-16-12-8-20(17,18)7-11(12)15-13(16)19-6-9-4-2-3-5-10(9)14/h2-5,11-12H,6-8H2,1H3/t11-,12-/m1/s1. The molecule has 1 saturated heterocycles. The minimum Gasteiger partial charge on any atom is -0.348 e. The maximum absolute atomic E-state index is 11.6. The van der Waals surface area contributed by atoms with Gasteiger partial charge in [-0.25, -0.2) is 8.42 Å². The van der Waals surface area contributed by atoms with E-state index in [0.29, 0.717) is 0 Å². The summed E-state index contributed by atoms with van der Waals surface area (Å²) in [5, 5.41) is 1.67. The average Bonchev–Trinajstić information content (AvgIpc) is 2.83. The molecule has 0 spiro atoms. The Kier molecular flexibility index (Phi) is 3.73. The number of likely N-dealkylation sites (N-methyl/N-ethyl adjacent to an activating group) is 1. The summed E-state index contributed by atoms with van der Waals surface area (Å²) in [6.07, 6.45) is 0. The first-order valence-electron chi connectivity index (χ1n) is 6.33. The number of rotatable bonds is 2. The largest absolute Gasteiger partial charge is 0.348 e. The van der Waals surface area contributed by atoms with Crippen LogP contribution in [0, 0.1) is 0 Å². The molecule has 7 heteroatoms. The Morgan fingerprint density at radius 2 is 2.15 bits per heavy atom. The van der Waals surface area contributed by atoms with Crippen LogP contribution in [0.5, 0.6) is 0 Å². The van der Waals surface area contributed by atoms with E-state index in [1.54, 1.807) is 11.8 Å². The lowest BCUT2D eigenvalue weighted by atomic mass is 10.2. The molecule has 0 aliphatic carbocycles. The Morgan fingerprint density at radius 1 is 1.40 bits per heavy atom. The third-order valence-corrected chi connectivity index (χ3v) is 6.86. The summed E-state index contributed by atoms with van der Waals surface area (Å²) >= 11 is 7.75. The van der Waals surface area contributed by atoms with Crippen LogP contribution in [0.15, 0.2) is 29.3 Å². The van der Waals surface area contributed by atoms with E-state index < -0.39 is 9.84 Å². The molecule has 0 N–H and O–H groups in total. The summed E-state index contributed by atoms with van der Waals surface area (Å²) in [6.45, 7) is 0. The van der Waals surface area contributed by atoms with Crippen molar-refractivity contribution in [3.8, 4) is 0 Å². The lowest BCUT2D eigenvalue weighted by molar-refractivity contribution is 0.410. The van der Waals surface area contributed by atoms with Crippen molar-refractivity contribution >= 4 is 38.4 Å². The maximum Gasteiger partial charge on any atom is 0.159 e. The first-order chi connectivity index (χ1) is 9.46. The van der Waals surface area contributed by atoms with Gasteiger partial charge in [0.25, 0.3) is 0 Å². The van der Waals surface area contributed by atoms with Gasteiger partial charge in [-0.15, -0.1) is 0 Å². The topological polar surface area (TPSA) is 49.7 Å². The van der Waals surface area contributed by atoms with Crippen LogP contribution in [0.25, 0.3) is 0 Å². The van der Waals surface area contributed by atoms with Gasteiger partial charge < -0.3 is 4.90 Å². The zero-order valence-electron chi connectivity index (χ0n) is 11.0. The highest BCUT2D eigenvalue weighted by Gasteiger charge is 2.44. The molecule has 0 aromatic heterocycles. The fraction of sp³-hybridized carbons (Fsp3) is 0.462. The van der Waals surface area contributed by atoms with Crippen LogP contribution in [-0.2, 0) is 15.6 Å². The second-order valence-corrected chi connectivity index (χ2v) is 8.62. The second-order valence-electron chi connectivity index (χ2n) is 5.11. The minimum atomic E-state index is -2.91. The number of benzene rings is 1. The lowest BCUT2D eigenvalue weighted by Crippen LogP contribution is -2.35. The van der Waals surface area contributed by atoms with Gasteiger partial charge in [0.05, 0.1) is 23.6 Å². The molecular formula is C13H15ClN2O2S2. The first-order valence-corrected chi connectivity index (χ1v) is 9.52. The number of amidine groups is 1. The molecule has 1 aromatic carbocycles. The second kappa shape index (κ2) is 5.24. The van der Waals surface area contributed by atoms with Gasteiger partial charge >= 0.3 is 0 Å². The van der Waals surface area contributed by atoms with Crippen LogP contribution in [-0.4, -0.2) is 49.1 Å². The fourth-order valence-electron chi connectivity index (χ4n) is 2.58. The van der Waals surface area contributed by atoms with Gasteiger partial charge in [-0.05, 0) is 11.6 Å². The summed E-state index contributed by atoms with van der Waals surface area (Å²) in [6, 6.07) is 7.65. The molecular weight excluding hydrogens is 316 g/mol.